The Morgan fingerprint density at radius 2 is 2.21 bits per heavy atom. The molecule has 0 aromatic carbocycles. The van der Waals surface area contributed by atoms with Gasteiger partial charge in [0.25, 0.3) is 0 Å². The molecule has 0 aliphatic carbocycles. The number of nitrogens with two attached hydrogens (primary N) is 1. The van der Waals surface area contributed by atoms with Gasteiger partial charge in [-0.05, 0) is 18.6 Å². The molecule has 0 bridgehead atoms. The highest BCUT2D eigenvalue weighted by atomic mass is 35.5. The third kappa shape index (κ3) is 3.66. The van der Waals surface area contributed by atoms with Crippen LogP contribution in [-0.4, -0.2) is 16.0 Å². The molecule has 0 amide bonds. The summed E-state index contributed by atoms with van der Waals surface area (Å²) in [5, 5.41) is 0.530. The number of rotatable bonds is 5. The Balaban J connectivity index is 2.24. The van der Waals surface area contributed by atoms with Crippen LogP contribution in [0.2, 0.25) is 5.02 Å². The number of ether oxygens (including phenoxy) is 1. The summed E-state index contributed by atoms with van der Waals surface area (Å²) >= 11 is 5.90. The maximum Gasteiger partial charge on any atom is 0.156 e. The van der Waals surface area contributed by atoms with Crippen LogP contribution in [0.25, 0.3) is 0 Å². The van der Waals surface area contributed by atoms with Gasteiger partial charge in [-0.3, -0.25) is 9.97 Å². The normalized spacial score (nSPS) is 13.8. The Bertz CT molecular complexity index is 521. The maximum absolute atomic E-state index is 6.12. The van der Waals surface area contributed by atoms with E-state index in [1.54, 1.807) is 24.7 Å². The van der Waals surface area contributed by atoms with Gasteiger partial charge in [0.15, 0.2) is 6.10 Å². The highest BCUT2D eigenvalue weighted by Gasteiger charge is 2.21. The van der Waals surface area contributed by atoms with Crippen LogP contribution in [0.1, 0.15) is 25.1 Å². The van der Waals surface area contributed by atoms with E-state index in [0.29, 0.717) is 10.8 Å². The predicted octanol–water partition coefficient (Wildman–Crippen LogP) is 2.99. The third-order valence-electron chi connectivity index (χ3n) is 2.78. The summed E-state index contributed by atoms with van der Waals surface area (Å²) in [4.78, 5) is 8.31. The Morgan fingerprint density at radius 1 is 1.37 bits per heavy atom. The predicted molar refractivity (Wildman–Crippen MR) is 75.1 cm³/mol. The first-order chi connectivity index (χ1) is 9.20. The molecule has 2 heterocycles. The lowest BCUT2D eigenvalue weighted by molar-refractivity contribution is 0.166. The van der Waals surface area contributed by atoms with Crippen LogP contribution >= 0.6 is 11.6 Å². The second kappa shape index (κ2) is 6.50. The Morgan fingerprint density at radius 3 is 2.84 bits per heavy atom. The summed E-state index contributed by atoms with van der Waals surface area (Å²) in [6.07, 6.45) is 5.37. The summed E-state index contributed by atoms with van der Waals surface area (Å²) < 4.78 is 5.90. The van der Waals surface area contributed by atoms with E-state index in [9.17, 15) is 0 Å². The van der Waals surface area contributed by atoms with Crippen LogP contribution in [0.5, 0.6) is 5.75 Å². The Labute approximate surface area is 117 Å². The highest BCUT2D eigenvalue weighted by Crippen LogP contribution is 2.25. The molecule has 2 aromatic rings. The molecule has 0 saturated heterocycles. The SMILES string of the molecule is CCC(N)C(Oc1cncc(Cl)c1)c1ccccn1. The van der Waals surface area contributed by atoms with Gasteiger partial charge in [-0.15, -0.1) is 0 Å². The van der Waals surface area contributed by atoms with Gasteiger partial charge < -0.3 is 10.5 Å². The van der Waals surface area contributed by atoms with Gasteiger partial charge in [0.05, 0.1) is 16.9 Å². The van der Waals surface area contributed by atoms with E-state index < -0.39 is 0 Å². The van der Waals surface area contributed by atoms with Crippen molar-refractivity contribution in [3.05, 3.63) is 53.6 Å². The second-order valence-electron chi connectivity index (χ2n) is 4.20. The van der Waals surface area contributed by atoms with E-state index in [4.69, 9.17) is 22.1 Å². The van der Waals surface area contributed by atoms with Crippen LogP contribution < -0.4 is 10.5 Å². The molecule has 2 atom stereocenters. The fourth-order valence-corrected chi connectivity index (χ4v) is 1.89. The summed E-state index contributed by atoms with van der Waals surface area (Å²) in [5.41, 5.74) is 6.92. The van der Waals surface area contributed by atoms with Crippen LogP contribution in [0.15, 0.2) is 42.9 Å². The Kier molecular flexibility index (Phi) is 4.71. The lowest BCUT2D eigenvalue weighted by Crippen LogP contribution is -2.32. The van der Waals surface area contributed by atoms with Crippen LogP contribution in [0, 0.1) is 0 Å². The fourth-order valence-electron chi connectivity index (χ4n) is 1.73. The number of hydrogen-bond acceptors (Lipinski definition) is 4. The number of aromatic nitrogens is 2. The van der Waals surface area contributed by atoms with Crippen molar-refractivity contribution < 1.29 is 4.74 Å². The van der Waals surface area contributed by atoms with Crippen LogP contribution in [0.4, 0.5) is 0 Å². The molecule has 2 unspecified atom stereocenters. The van der Waals surface area contributed by atoms with Crippen molar-refractivity contribution in [1.29, 1.82) is 0 Å². The lowest BCUT2D eigenvalue weighted by Gasteiger charge is -2.23. The van der Waals surface area contributed by atoms with Gasteiger partial charge in [0.1, 0.15) is 5.75 Å². The van der Waals surface area contributed by atoms with Gasteiger partial charge in [0.2, 0.25) is 0 Å². The summed E-state index contributed by atoms with van der Waals surface area (Å²) in [6, 6.07) is 7.25. The first-order valence-electron chi connectivity index (χ1n) is 6.14. The minimum absolute atomic E-state index is 0.145. The zero-order valence-electron chi connectivity index (χ0n) is 10.7. The molecule has 4 nitrogen and oxygen atoms in total. The van der Waals surface area contributed by atoms with Crippen molar-refractivity contribution in [3.63, 3.8) is 0 Å². The van der Waals surface area contributed by atoms with Crippen molar-refractivity contribution in [3.8, 4) is 5.75 Å². The van der Waals surface area contributed by atoms with Crippen molar-refractivity contribution in [2.45, 2.75) is 25.5 Å². The van der Waals surface area contributed by atoms with E-state index in [0.717, 1.165) is 12.1 Å². The van der Waals surface area contributed by atoms with Crippen LogP contribution in [0.3, 0.4) is 0 Å². The topological polar surface area (TPSA) is 61.0 Å². The second-order valence-corrected chi connectivity index (χ2v) is 4.64. The first kappa shape index (κ1) is 13.8. The number of nitrogens with zero attached hydrogens (tertiary/aromatic N) is 2. The van der Waals surface area contributed by atoms with Crippen molar-refractivity contribution >= 4 is 11.6 Å². The summed E-state index contributed by atoms with van der Waals surface area (Å²) in [7, 11) is 0. The van der Waals surface area contributed by atoms with Gasteiger partial charge in [-0.1, -0.05) is 24.6 Å². The van der Waals surface area contributed by atoms with E-state index >= 15 is 0 Å². The minimum atomic E-state index is -0.313. The molecule has 0 spiro atoms. The van der Waals surface area contributed by atoms with Gasteiger partial charge in [0, 0.05) is 24.5 Å². The third-order valence-corrected chi connectivity index (χ3v) is 2.99. The number of pyridine rings is 2. The molecule has 0 radical (unpaired) electrons. The highest BCUT2D eigenvalue weighted by molar-refractivity contribution is 6.30. The number of hydrogen-bond donors (Lipinski definition) is 1. The molecule has 2 aromatic heterocycles. The molecule has 0 fully saturated rings. The quantitative estimate of drug-likeness (QED) is 0.913. The van der Waals surface area contributed by atoms with E-state index in [-0.39, 0.29) is 12.1 Å². The molecule has 0 aliphatic heterocycles. The van der Waals surface area contributed by atoms with E-state index in [1.807, 2.05) is 25.1 Å². The zero-order chi connectivity index (χ0) is 13.7. The largest absolute Gasteiger partial charge is 0.481 e. The lowest BCUT2D eigenvalue weighted by atomic mass is 10.1. The van der Waals surface area contributed by atoms with Crippen molar-refractivity contribution in [2.75, 3.05) is 0 Å². The fraction of sp³-hybridized carbons (Fsp3) is 0.286. The molecular weight excluding hydrogens is 262 g/mol. The Hall–Kier alpha value is -1.65. The molecule has 0 saturated carbocycles. The standard InChI is InChI=1S/C14H16ClN3O/c1-2-12(16)14(13-5-3-4-6-18-13)19-11-7-10(15)8-17-9-11/h3-9,12,14H,2,16H2,1H3. The van der Waals surface area contributed by atoms with Crippen molar-refractivity contribution in [2.24, 2.45) is 5.73 Å². The molecule has 2 N–H and O–H groups in total. The zero-order valence-corrected chi connectivity index (χ0v) is 11.4. The summed E-state index contributed by atoms with van der Waals surface area (Å²) in [6.45, 7) is 2.01. The van der Waals surface area contributed by atoms with E-state index in [1.165, 1.54) is 0 Å². The molecule has 0 aliphatic rings. The minimum Gasteiger partial charge on any atom is -0.481 e. The molecule has 100 valence electrons. The molecule has 19 heavy (non-hydrogen) atoms. The van der Waals surface area contributed by atoms with Gasteiger partial charge >= 0.3 is 0 Å². The van der Waals surface area contributed by atoms with E-state index in [2.05, 4.69) is 9.97 Å². The molecule has 5 heteroatoms. The molecular formula is C14H16ClN3O. The average Bonchev–Trinajstić information content (AvgIpc) is 2.45. The first-order valence-corrected chi connectivity index (χ1v) is 6.52. The maximum atomic E-state index is 6.12. The smallest absolute Gasteiger partial charge is 0.156 e. The summed E-state index contributed by atoms with van der Waals surface area (Å²) in [5.74, 6) is 0.590. The monoisotopic (exact) mass is 277 g/mol. The number of halogens is 1. The van der Waals surface area contributed by atoms with Gasteiger partial charge in [-0.2, -0.15) is 0 Å². The van der Waals surface area contributed by atoms with Gasteiger partial charge in [-0.25, -0.2) is 0 Å². The average molecular weight is 278 g/mol. The van der Waals surface area contributed by atoms with Crippen LogP contribution in [-0.2, 0) is 0 Å². The molecule has 2 rings (SSSR count). The van der Waals surface area contributed by atoms with Crippen molar-refractivity contribution in [1.82, 2.24) is 9.97 Å².